The number of hydrogen-bond donors (Lipinski definition) is 2. The van der Waals surface area contributed by atoms with Crippen molar-refractivity contribution in [3.63, 3.8) is 0 Å². The molecule has 0 aliphatic rings. The number of aryl methyl sites for hydroxylation is 1. The van der Waals surface area contributed by atoms with Crippen molar-refractivity contribution in [3.8, 4) is 0 Å². The third kappa shape index (κ3) is 3.84. The summed E-state index contributed by atoms with van der Waals surface area (Å²) >= 11 is 0. The quantitative estimate of drug-likeness (QED) is 0.574. The van der Waals surface area contributed by atoms with Crippen LogP contribution >= 0.6 is 0 Å². The summed E-state index contributed by atoms with van der Waals surface area (Å²) in [6.07, 6.45) is 1.98. The van der Waals surface area contributed by atoms with Crippen LogP contribution in [0.3, 0.4) is 0 Å². The summed E-state index contributed by atoms with van der Waals surface area (Å²) < 4.78 is 0. The molecule has 1 heterocycles. The van der Waals surface area contributed by atoms with Gasteiger partial charge >= 0.3 is 0 Å². The fourth-order valence-electron chi connectivity index (χ4n) is 1.77. The van der Waals surface area contributed by atoms with Crippen LogP contribution < -0.4 is 16.2 Å². The molecule has 1 aromatic rings. The molecule has 1 atom stereocenters. The predicted molar refractivity (Wildman–Crippen MR) is 76.6 cm³/mol. The Morgan fingerprint density at radius 3 is 2.56 bits per heavy atom. The van der Waals surface area contributed by atoms with E-state index >= 15 is 0 Å². The van der Waals surface area contributed by atoms with Crippen molar-refractivity contribution in [3.05, 3.63) is 11.9 Å². The lowest BCUT2D eigenvalue weighted by atomic mass is 10.1. The van der Waals surface area contributed by atoms with Crippen molar-refractivity contribution in [1.82, 2.24) is 9.97 Å². The van der Waals surface area contributed by atoms with Gasteiger partial charge in [0.15, 0.2) is 0 Å². The number of rotatable bonds is 7. The zero-order chi connectivity index (χ0) is 13.5. The number of anilines is 2. The molecule has 0 aliphatic heterocycles. The highest BCUT2D eigenvalue weighted by Crippen LogP contribution is 2.17. The molecule has 1 aromatic heterocycles. The summed E-state index contributed by atoms with van der Waals surface area (Å²) in [7, 11) is 0. The Morgan fingerprint density at radius 1 is 1.33 bits per heavy atom. The van der Waals surface area contributed by atoms with Crippen LogP contribution in [0.25, 0.3) is 0 Å². The SMILES string of the molecule is CCc1nc(NN)cc(N(CC)CC(C)CC)n1. The molecule has 102 valence electrons. The molecule has 5 heteroatoms. The van der Waals surface area contributed by atoms with E-state index in [9.17, 15) is 0 Å². The summed E-state index contributed by atoms with van der Waals surface area (Å²) in [5, 5.41) is 0. The molecule has 0 radical (unpaired) electrons. The van der Waals surface area contributed by atoms with Gasteiger partial charge in [-0.2, -0.15) is 0 Å². The predicted octanol–water partition coefficient (Wildman–Crippen LogP) is 2.20. The maximum atomic E-state index is 5.45. The summed E-state index contributed by atoms with van der Waals surface area (Å²) in [6, 6.07) is 1.91. The molecule has 3 N–H and O–H groups in total. The van der Waals surface area contributed by atoms with Crippen LogP contribution in [0.2, 0.25) is 0 Å². The van der Waals surface area contributed by atoms with E-state index in [1.165, 1.54) is 6.42 Å². The number of hydrazine groups is 1. The minimum absolute atomic E-state index is 0.652. The van der Waals surface area contributed by atoms with Crippen LogP contribution in [0.15, 0.2) is 6.07 Å². The van der Waals surface area contributed by atoms with E-state index in [4.69, 9.17) is 5.84 Å². The van der Waals surface area contributed by atoms with E-state index < -0.39 is 0 Å². The molecule has 0 aliphatic carbocycles. The zero-order valence-electron chi connectivity index (χ0n) is 11.9. The Kier molecular flexibility index (Phi) is 5.85. The molecule has 0 saturated heterocycles. The molecule has 0 fully saturated rings. The molecule has 5 nitrogen and oxygen atoms in total. The van der Waals surface area contributed by atoms with E-state index in [1.807, 2.05) is 13.0 Å². The van der Waals surface area contributed by atoms with Crippen LogP contribution in [0.4, 0.5) is 11.6 Å². The fraction of sp³-hybridized carbons (Fsp3) is 0.692. The lowest BCUT2D eigenvalue weighted by Gasteiger charge is -2.25. The van der Waals surface area contributed by atoms with Gasteiger partial charge in [-0.15, -0.1) is 0 Å². The molecule has 1 unspecified atom stereocenters. The molecular weight excluding hydrogens is 226 g/mol. The van der Waals surface area contributed by atoms with Gasteiger partial charge in [0.25, 0.3) is 0 Å². The normalized spacial score (nSPS) is 12.3. The van der Waals surface area contributed by atoms with Gasteiger partial charge in [-0.25, -0.2) is 15.8 Å². The summed E-state index contributed by atoms with van der Waals surface area (Å²) in [6.45, 7) is 10.6. The van der Waals surface area contributed by atoms with Crippen molar-refractivity contribution in [2.24, 2.45) is 11.8 Å². The Balaban J connectivity index is 2.96. The number of nitrogens with zero attached hydrogens (tertiary/aromatic N) is 3. The third-order valence-corrected chi connectivity index (χ3v) is 3.16. The van der Waals surface area contributed by atoms with Gasteiger partial charge < -0.3 is 10.3 Å². The standard InChI is InChI=1S/C13H25N5/c1-5-10(4)9-18(7-3)13-8-12(17-14)15-11(6-2)16-13/h8,10H,5-7,9,14H2,1-4H3,(H,15,16,17). The van der Waals surface area contributed by atoms with Gasteiger partial charge in [0.2, 0.25) is 0 Å². The molecule has 0 spiro atoms. The fourth-order valence-corrected chi connectivity index (χ4v) is 1.77. The molecule has 0 saturated carbocycles. The van der Waals surface area contributed by atoms with Crippen molar-refractivity contribution in [1.29, 1.82) is 0 Å². The topological polar surface area (TPSA) is 67.1 Å². The van der Waals surface area contributed by atoms with Crippen LogP contribution in [0.5, 0.6) is 0 Å². The monoisotopic (exact) mass is 251 g/mol. The number of nitrogens with one attached hydrogen (secondary N) is 1. The second-order valence-corrected chi connectivity index (χ2v) is 4.58. The molecule has 0 amide bonds. The lowest BCUT2D eigenvalue weighted by molar-refractivity contribution is 0.545. The minimum Gasteiger partial charge on any atom is -0.356 e. The first kappa shape index (κ1) is 14.7. The van der Waals surface area contributed by atoms with E-state index in [0.717, 1.165) is 31.2 Å². The van der Waals surface area contributed by atoms with Crippen molar-refractivity contribution in [2.75, 3.05) is 23.4 Å². The van der Waals surface area contributed by atoms with Crippen molar-refractivity contribution in [2.45, 2.75) is 40.5 Å². The van der Waals surface area contributed by atoms with Crippen molar-refractivity contribution < 1.29 is 0 Å². The molecule has 1 rings (SSSR count). The Labute approximate surface area is 110 Å². The average Bonchev–Trinajstić information content (AvgIpc) is 2.43. The maximum Gasteiger partial charge on any atom is 0.145 e. The molecule has 0 bridgehead atoms. The molecule has 0 aromatic carbocycles. The Morgan fingerprint density at radius 2 is 2.06 bits per heavy atom. The summed E-state index contributed by atoms with van der Waals surface area (Å²) in [5.74, 6) is 8.56. The Bertz CT molecular complexity index is 344. The van der Waals surface area contributed by atoms with Crippen LogP contribution in [-0.2, 0) is 6.42 Å². The van der Waals surface area contributed by atoms with E-state index in [-0.39, 0.29) is 0 Å². The highest BCUT2D eigenvalue weighted by atomic mass is 15.3. The van der Waals surface area contributed by atoms with Gasteiger partial charge in [0.05, 0.1) is 0 Å². The highest BCUT2D eigenvalue weighted by Gasteiger charge is 2.12. The largest absolute Gasteiger partial charge is 0.356 e. The second-order valence-electron chi connectivity index (χ2n) is 4.58. The number of nitrogen functional groups attached to an aromatic ring is 1. The summed E-state index contributed by atoms with van der Waals surface area (Å²) in [4.78, 5) is 11.2. The Hall–Kier alpha value is -1.36. The van der Waals surface area contributed by atoms with Gasteiger partial charge in [0.1, 0.15) is 17.5 Å². The smallest absolute Gasteiger partial charge is 0.145 e. The maximum absolute atomic E-state index is 5.45. The second kappa shape index (κ2) is 7.16. The van der Waals surface area contributed by atoms with Gasteiger partial charge in [-0.1, -0.05) is 27.2 Å². The van der Waals surface area contributed by atoms with Gasteiger partial charge in [-0.3, -0.25) is 0 Å². The zero-order valence-corrected chi connectivity index (χ0v) is 11.9. The van der Waals surface area contributed by atoms with Gasteiger partial charge in [0, 0.05) is 25.6 Å². The number of nitrogens with two attached hydrogens (primary N) is 1. The molecular formula is C13H25N5. The van der Waals surface area contributed by atoms with Crippen LogP contribution in [-0.4, -0.2) is 23.1 Å². The average molecular weight is 251 g/mol. The minimum atomic E-state index is 0.652. The third-order valence-electron chi connectivity index (χ3n) is 3.16. The summed E-state index contributed by atoms with van der Waals surface area (Å²) in [5.41, 5.74) is 2.61. The highest BCUT2D eigenvalue weighted by molar-refractivity contribution is 5.48. The van der Waals surface area contributed by atoms with Crippen LogP contribution in [0, 0.1) is 5.92 Å². The lowest BCUT2D eigenvalue weighted by Crippen LogP contribution is -2.29. The van der Waals surface area contributed by atoms with E-state index in [0.29, 0.717) is 11.7 Å². The first-order valence-corrected chi connectivity index (χ1v) is 6.74. The van der Waals surface area contributed by atoms with Crippen LogP contribution in [0.1, 0.15) is 39.9 Å². The number of aromatic nitrogens is 2. The van der Waals surface area contributed by atoms with E-state index in [2.05, 4.69) is 41.1 Å². The van der Waals surface area contributed by atoms with Crippen molar-refractivity contribution >= 4 is 11.6 Å². The number of hydrogen-bond acceptors (Lipinski definition) is 5. The first-order chi connectivity index (χ1) is 8.64. The first-order valence-electron chi connectivity index (χ1n) is 6.74. The van der Waals surface area contributed by atoms with Gasteiger partial charge in [-0.05, 0) is 12.8 Å². The molecule has 18 heavy (non-hydrogen) atoms. The van der Waals surface area contributed by atoms with E-state index in [1.54, 1.807) is 0 Å².